The summed E-state index contributed by atoms with van der Waals surface area (Å²) in [6, 6.07) is 11.8. The number of amides is 1. The zero-order valence-corrected chi connectivity index (χ0v) is 13.5. The van der Waals surface area contributed by atoms with Crippen LogP contribution in [0.3, 0.4) is 0 Å². The van der Waals surface area contributed by atoms with Crippen molar-refractivity contribution in [3.05, 3.63) is 54.0 Å². The molecule has 0 N–H and O–H groups in total. The third-order valence-electron chi connectivity index (χ3n) is 4.19. The molecule has 0 radical (unpaired) electrons. The van der Waals surface area contributed by atoms with Crippen molar-refractivity contribution in [3.8, 4) is 0 Å². The van der Waals surface area contributed by atoms with Crippen molar-refractivity contribution in [1.82, 2.24) is 14.9 Å². The van der Waals surface area contributed by atoms with E-state index in [1.54, 1.807) is 0 Å². The van der Waals surface area contributed by atoms with Crippen LogP contribution in [0.25, 0.3) is 0 Å². The highest BCUT2D eigenvalue weighted by Gasteiger charge is 2.19. The number of carbonyl (C=O) groups is 1. The molecule has 1 aromatic heterocycles. The minimum absolute atomic E-state index is 0.0424. The number of benzene rings is 1. The molecule has 1 aliphatic rings. The lowest BCUT2D eigenvalue weighted by atomic mass is 10.2. The zero-order chi connectivity index (χ0) is 16.1. The summed E-state index contributed by atoms with van der Waals surface area (Å²) in [7, 11) is 0. The summed E-state index contributed by atoms with van der Waals surface area (Å²) in [5.74, 6) is 0.816. The van der Waals surface area contributed by atoms with Gasteiger partial charge in [-0.2, -0.15) is 0 Å². The Morgan fingerprint density at radius 3 is 2.61 bits per heavy atom. The van der Waals surface area contributed by atoms with Crippen LogP contribution < -0.4 is 4.90 Å². The fraction of sp³-hybridized carbons (Fsp3) is 0.389. The van der Waals surface area contributed by atoms with Gasteiger partial charge in [0.25, 0.3) is 5.91 Å². The van der Waals surface area contributed by atoms with Gasteiger partial charge in [0.05, 0.1) is 0 Å². The highest BCUT2D eigenvalue weighted by Crippen LogP contribution is 2.18. The van der Waals surface area contributed by atoms with E-state index in [-0.39, 0.29) is 5.91 Å². The first-order valence-corrected chi connectivity index (χ1v) is 8.18. The highest BCUT2D eigenvalue weighted by atomic mass is 16.2. The number of nitrogens with zero attached hydrogens (tertiary/aromatic N) is 4. The second-order valence-electron chi connectivity index (χ2n) is 5.76. The number of rotatable bonds is 5. The standard InChI is InChI=1S/C18H22N4O/c1-2-21(13-15-8-4-3-5-9-15)18(23)16-12-17(20-14-19-16)22-10-6-7-11-22/h3-5,8-9,12,14H,2,6-7,10-11,13H2,1H3. The summed E-state index contributed by atoms with van der Waals surface area (Å²) in [6.45, 7) is 5.25. The number of aromatic nitrogens is 2. The molecule has 23 heavy (non-hydrogen) atoms. The van der Waals surface area contributed by atoms with E-state index >= 15 is 0 Å². The molecule has 1 fully saturated rings. The molecule has 120 valence electrons. The first kappa shape index (κ1) is 15.5. The van der Waals surface area contributed by atoms with Crippen LogP contribution in [0.5, 0.6) is 0 Å². The minimum Gasteiger partial charge on any atom is -0.357 e. The second-order valence-corrected chi connectivity index (χ2v) is 5.76. The van der Waals surface area contributed by atoms with E-state index in [1.165, 1.54) is 19.2 Å². The molecule has 0 spiro atoms. The fourth-order valence-corrected chi connectivity index (χ4v) is 2.88. The van der Waals surface area contributed by atoms with Gasteiger partial charge < -0.3 is 9.80 Å². The van der Waals surface area contributed by atoms with E-state index in [1.807, 2.05) is 48.2 Å². The molecule has 1 aromatic carbocycles. The van der Waals surface area contributed by atoms with E-state index in [0.29, 0.717) is 18.8 Å². The van der Waals surface area contributed by atoms with Gasteiger partial charge in [-0.25, -0.2) is 9.97 Å². The minimum atomic E-state index is -0.0424. The maximum Gasteiger partial charge on any atom is 0.272 e. The molecular weight excluding hydrogens is 288 g/mol. The molecule has 0 atom stereocenters. The summed E-state index contributed by atoms with van der Waals surface area (Å²) in [6.07, 6.45) is 3.86. The smallest absolute Gasteiger partial charge is 0.272 e. The van der Waals surface area contributed by atoms with Crippen LogP contribution in [0.2, 0.25) is 0 Å². The normalized spacial score (nSPS) is 14.0. The molecule has 0 saturated carbocycles. The molecule has 3 rings (SSSR count). The SMILES string of the molecule is CCN(Cc1ccccc1)C(=O)c1cc(N2CCCC2)ncn1. The van der Waals surface area contributed by atoms with Crippen molar-refractivity contribution in [2.75, 3.05) is 24.5 Å². The second kappa shape index (κ2) is 7.22. The summed E-state index contributed by atoms with van der Waals surface area (Å²) in [4.78, 5) is 25.3. The largest absolute Gasteiger partial charge is 0.357 e. The van der Waals surface area contributed by atoms with Gasteiger partial charge in [-0.1, -0.05) is 30.3 Å². The Bertz CT molecular complexity index is 653. The van der Waals surface area contributed by atoms with Gasteiger partial charge in [0.2, 0.25) is 0 Å². The Kier molecular flexibility index (Phi) is 4.86. The van der Waals surface area contributed by atoms with Gasteiger partial charge >= 0.3 is 0 Å². The summed E-state index contributed by atoms with van der Waals surface area (Å²) >= 11 is 0. The maximum atomic E-state index is 12.8. The van der Waals surface area contributed by atoms with E-state index in [2.05, 4.69) is 14.9 Å². The first-order chi connectivity index (χ1) is 11.3. The van der Waals surface area contributed by atoms with E-state index in [9.17, 15) is 4.79 Å². The Morgan fingerprint density at radius 2 is 1.91 bits per heavy atom. The average molecular weight is 310 g/mol. The highest BCUT2D eigenvalue weighted by molar-refractivity contribution is 5.92. The number of hydrogen-bond acceptors (Lipinski definition) is 4. The lowest BCUT2D eigenvalue weighted by molar-refractivity contribution is 0.0746. The van der Waals surface area contributed by atoms with Gasteiger partial charge in [0, 0.05) is 32.2 Å². The van der Waals surface area contributed by atoms with E-state index in [4.69, 9.17) is 0 Å². The Balaban J connectivity index is 1.76. The van der Waals surface area contributed by atoms with Crippen LogP contribution in [-0.2, 0) is 6.54 Å². The lowest BCUT2D eigenvalue weighted by Gasteiger charge is -2.21. The first-order valence-electron chi connectivity index (χ1n) is 8.18. The van der Waals surface area contributed by atoms with Gasteiger partial charge in [-0.15, -0.1) is 0 Å². The average Bonchev–Trinajstić information content (AvgIpc) is 3.15. The lowest BCUT2D eigenvalue weighted by Crippen LogP contribution is -2.31. The van der Waals surface area contributed by atoms with Gasteiger partial charge in [-0.3, -0.25) is 4.79 Å². The predicted octanol–water partition coefficient (Wildman–Crippen LogP) is 2.74. The summed E-state index contributed by atoms with van der Waals surface area (Å²) in [5.41, 5.74) is 1.59. The molecule has 1 aliphatic heterocycles. The van der Waals surface area contributed by atoms with Crippen LogP contribution in [0.15, 0.2) is 42.7 Å². The Morgan fingerprint density at radius 1 is 1.17 bits per heavy atom. The third-order valence-corrected chi connectivity index (χ3v) is 4.19. The van der Waals surface area contributed by atoms with Crippen molar-refractivity contribution < 1.29 is 4.79 Å². The van der Waals surface area contributed by atoms with Crippen molar-refractivity contribution in [3.63, 3.8) is 0 Å². The van der Waals surface area contributed by atoms with E-state index < -0.39 is 0 Å². The molecule has 5 nitrogen and oxygen atoms in total. The van der Waals surface area contributed by atoms with Crippen molar-refractivity contribution in [2.24, 2.45) is 0 Å². The maximum absolute atomic E-state index is 12.8. The molecule has 0 unspecified atom stereocenters. The number of anilines is 1. The molecule has 0 aliphatic carbocycles. The molecule has 2 aromatic rings. The summed E-state index contributed by atoms with van der Waals surface area (Å²) < 4.78 is 0. The van der Waals surface area contributed by atoms with Crippen LogP contribution in [-0.4, -0.2) is 40.4 Å². The van der Waals surface area contributed by atoms with Crippen molar-refractivity contribution in [1.29, 1.82) is 0 Å². The van der Waals surface area contributed by atoms with Gasteiger partial charge in [-0.05, 0) is 25.3 Å². The molecule has 1 saturated heterocycles. The monoisotopic (exact) mass is 310 g/mol. The Labute approximate surface area is 137 Å². The molecule has 2 heterocycles. The predicted molar refractivity (Wildman–Crippen MR) is 90.3 cm³/mol. The van der Waals surface area contributed by atoms with Crippen molar-refractivity contribution in [2.45, 2.75) is 26.3 Å². The Hall–Kier alpha value is -2.43. The summed E-state index contributed by atoms with van der Waals surface area (Å²) in [5, 5.41) is 0. The topological polar surface area (TPSA) is 49.3 Å². The molecule has 5 heteroatoms. The molecule has 1 amide bonds. The van der Waals surface area contributed by atoms with Crippen LogP contribution in [0.1, 0.15) is 35.8 Å². The van der Waals surface area contributed by atoms with Crippen LogP contribution in [0.4, 0.5) is 5.82 Å². The van der Waals surface area contributed by atoms with Gasteiger partial charge in [0.1, 0.15) is 17.8 Å². The number of hydrogen-bond donors (Lipinski definition) is 0. The van der Waals surface area contributed by atoms with E-state index in [0.717, 1.165) is 24.5 Å². The molecule has 0 bridgehead atoms. The third kappa shape index (κ3) is 3.67. The molecular formula is C18H22N4O. The quantitative estimate of drug-likeness (QED) is 0.852. The zero-order valence-electron chi connectivity index (χ0n) is 13.5. The van der Waals surface area contributed by atoms with Crippen molar-refractivity contribution >= 4 is 11.7 Å². The number of carbonyl (C=O) groups excluding carboxylic acids is 1. The van der Waals surface area contributed by atoms with Crippen LogP contribution >= 0.6 is 0 Å². The fourth-order valence-electron chi connectivity index (χ4n) is 2.88. The van der Waals surface area contributed by atoms with Gasteiger partial charge in [0.15, 0.2) is 0 Å². The van der Waals surface area contributed by atoms with Crippen LogP contribution in [0, 0.1) is 0 Å².